The summed E-state index contributed by atoms with van der Waals surface area (Å²) in [5.74, 6) is 0.774. The molecule has 0 amide bonds. The molecule has 1 N–H and O–H groups in total. The number of sulfonamides is 1. The molecule has 0 radical (unpaired) electrons. The van der Waals surface area contributed by atoms with Gasteiger partial charge in [-0.25, -0.2) is 18.0 Å². The number of nitrogens with one attached hydrogen (secondary N) is 1. The van der Waals surface area contributed by atoms with Crippen molar-refractivity contribution < 1.29 is 8.42 Å². The lowest BCUT2D eigenvalue weighted by Crippen LogP contribution is -2.36. The molecular weight excluding hydrogens is 320 g/mol. The number of para-hydroxylation sites is 1. The van der Waals surface area contributed by atoms with Crippen LogP contribution in [-0.2, 0) is 10.0 Å². The van der Waals surface area contributed by atoms with Gasteiger partial charge in [0.1, 0.15) is 0 Å². The highest BCUT2D eigenvalue weighted by atomic mass is 32.2. The maximum Gasteiger partial charge on any atom is 0.213 e. The van der Waals surface area contributed by atoms with Crippen LogP contribution in [0, 0.1) is 18.4 Å². The summed E-state index contributed by atoms with van der Waals surface area (Å²) in [7, 11) is -3.19. The molecule has 4 nitrogen and oxygen atoms in total. The van der Waals surface area contributed by atoms with Crippen LogP contribution in [0.25, 0.3) is 10.4 Å². The molecule has 24 heavy (non-hydrogen) atoms. The van der Waals surface area contributed by atoms with Crippen molar-refractivity contribution in [1.82, 2.24) is 4.72 Å². The third-order valence-corrected chi connectivity index (χ3v) is 6.66. The standard InChI is InChI=1S/C19H26N2O2S/c1-14(2)24(22,23)21-13-15(3)16-9-11-17(12-10-16)18-7-5-6-8-19(18)20-4/h5-8,11,14-16,21H,9-10,12-13H2,1-3H3. The molecule has 1 aromatic carbocycles. The minimum absolute atomic E-state index is 0.299. The fraction of sp³-hybridized carbons (Fsp3) is 0.526. The van der Waals surface area contributed by atoms with Gasteiger partial charge in [0, 0.05) is 6.54 Å². The van der Waals surface area contributed by atoms with E-state index >= 15 is 0 Å². The largest absolute Gasteiger partial charge is 0.238 e. The summed E-state index contributed by atoms with van der Waals surface area (Å²) in [5, 5.41) is -0.396. The maximum atomic E-state index is 11.9. The number of hydrogen-bond donors (Lipinski definition) is 1. The first-order chi connectivity index (χ1) is 11.3. The van der Waals surface area contributed by atoms with Gasteiger partial charge >= 0.3 is 0 Å². The van der Waals surface area contributed by atoms with Crippen LogP contribution >= 0.6 is 0 Å². The zero-order valence-electron chi connectivity index (χ0n) is 14.6. The van der Waals surface area contributed by atoms with Gasteiger partial charge in [0.2, 0.25) is 10.0 Å². The van der Waals surface area contributed by atoms with E-state index in [0.29, 0.717) is 24.1 Å². The number of benzene rings is 1. The van der Waals surface area contributed by atoms with E-state index in [1.54, 1.807) is 13.8 Å². The highest BCUT2D eigenvalue weighted by molar-refractivity contribution is 7.90. The quantitative estimate of drug-likeness (QED) is 0.777. The second kappa shape index (κ2) is 7.96. The van der Waals surface area contributed by atoms with Gasteiger partial charge in [-0.1, -0.05) is 42.8 Å². The molecule has 0 aromatic heterocycles. The van der Waals surface area contributed by atoms with Gasteiger partial charge in [-0.3, -0.25) is 0 Å². The van der Waals surface area contributed by atoms with Gasteiger partial charge in [-0.2, -0.15) is 0 Å². The molecular formula is C19H26N2O2S. The van der Waals surface area contributed by atoms with Crippen LogP contribution < -0.4 is 4.72 Å². The summed E-state index contributed by atoms with van der Waals surface area (Å²) < 4.78 is 26.5. The lowest BCUT2D eigenvalue weighted by molar-refractivity contribution is 0.334. The van der Waals surface area contributed by atoms with E-state index in [2.05, 4.69) is 22.6 Å². The van der Waals surface area contributed by atoms with E-state index in [1.165, 1.54) is 5.57 Å². The molecule has 2 rings (SSSR count). The Kier molecular flexibility index (Phi) is 6.20. The van der Waals surface area contributed by atoms with Crippen molar-refractivity contribution in [1.29, 1.82) is 0 Å². The Hall–Kier alpha value is -1.64. The van der Waals surface area contributed by atoms with Crippen molar-refractivity contribution in [2.75, 3.05) is 6.54 Å². The third kappa shape index (κ3) is 4.46. The molecule has 0 spiro atoms. The highest BCUT2D eigenvalue weighted by Crippen LogP contribution is 2.37. The normalized spacial score (nSPS) is 19.6. The summed E-state index contributed by atoms with van der Waals surface area (Å²) in [6, 6.07) is 7.74. The molecule has 2 unspecified atom stereocenters. The lowest BCUT2D eigenvalue weighted by Gasteiger charge is -2.28. The van der Waals surface area contributed by atoms with Crippen LogP contribution in [0.4, 0.5) is 5.69 Å². The summed E-state index contributed by atoms with van der Waals surface area (Å²) in [4.78, 5) is 3.61. The molecule has 0 fully saturated rings. The zero-order chi connectivity index (χ0) is 17.7. The fourth-order valence-electron chi connectivity index (χ4n) is 3.04. The molecule has 0 saturated heterocycles. The summed E-state index contributed by atoms with van der Waals surface area (Å²) in [5.41, 5.74) is 2.99. The Balaban J connectivity index is 1.99. The van der Waals surface area contributed by atoms with Gasteiger partial charge in [0.15, 0.2) is 5.69 Å². The van der Waals surface area contributed by atoms with Gasteiger partial charge in [0.25, 0.3) is 0 Å². The van der Waals surface area contributed by atoms with Crippen molar-refractivity contribution in [2.45, 2.75) is 45.3 Å². The van der Waals surface area contributed by atoms with Crippen LogP contribution in [0.3, 0.4) is 0 Å². The fourth-order valence-corrected chi connectivity index (χ4v) is 3.87. The van der Waals surface area contributed by atoms with Crippen molar-refractivity contribution >= 4 is 21.3 Å². The molecule has 1 aliphatic carbocycles. The smallest absolute Gasteiger partial charge is 0.213 e. The Morgan fingerprint density at radius 3 is 2.58 bits per heavy atom. The van der Waals surface area contributed by atoms with Crippen molar-refractivity contribution in [3.63, 3.8) is 0 Å². The van der Waals surface area contributed by atoms with Crippen LogP contribution in [0.5, 0.6) is 0 Å². The molecule has 0 aliphatic heterocycles. The van der Waals surface area contributed by atoms with Crippen molar-refractivity contribution in [2.24, 2.45) is 11.8 Å². The molecule has 130 valence electrons. The second-order valence-corrected chi connectivity index (χ2v) is 9.13. The summed E-state index contributed by atoms with van der Waals surface area (Å²) >= 11 is 0. The van der Waals surface area contributed by atoms with E-state index in [-0.39, 0.29) is 0 Å². The minimum atomic E-state index is -3.19. The van der Waals surface area contributed by atoms with Crippen LogP contribution in [0.15, 0.2) is 30.3 Å². The van der Waals surface area contributed by atoms with E-state index < -0.39 is 15.3 Å². The van der Waals surface area contributed by atoms with Crippen LogP contribution in [0.1, 0.15) is 45.6 Å². The average Bonchev–Trinajstić information content (AvgIpc) is 2.59. The molecule has 1 aromatic rings. The van der Waals surface area contributed by atoms with Crippen molar-refractivity contribution in [3.05, 3.63) is 47.3 Å². The van der Waals surface area contributed by atoms with Crippen LogP contribution in [0.2, 0.25) is 0 Å². The first kappa shape index (κ1) is 18.7. The average molecular weight is 346 g/mol. The first-order valence-corrected chi connectivity index (χ1v) is 10.0. The highest BCUT2D eigenvalue weighted by Gasteiger charge is 2.24. The zero-order valence-corrected chi connectivity index (χ0v) is 15.4. The Morgan fingerprint density at radius 2 is 2.00 bits per heavy atom. The Labute approximate surface area is 145 Å². The minimum Gasteiger partial charge on any atom is -0.238 e. The van der Waals surface area contributed by atoms with Gasteiger partial charge in [0.05, 0.1) is 11.8 Å². The molecule has 2 atom stereocenters. The van der Waals surface area contributed by atoms with Gasteiger partial charge < -0.3 is 0 Å². The van der Waals surface area contributed by atoms with Gasteiger partial charge in [-0.15, -0.1) is 0 Å². The van der Waals surface area contributed by atoms with E-state index in [1.807, 2.05) is 24.3 Å². The summed E-state index contributed by atoms with van der Waals surface area (Å²) in [6.45, 7) is 13.3. The molecule has 0 bridgehead atoms. The number of allylic oxidation sites excluding steroid dienone is 2. The third-order valence-electron chi connectivity index (χ3n) is 4.85. The molecule has 1 aliphatic rings. The van der Waals surface area contributed by atoms with E-state index in [0.717, 1.165) is 24.8 Å². The van der Waals surface area contributed by atoms with Crippen molar-refractivity contribution in [3.8, 4) is 0 Å². The van der Waals surface area contributed by atoms with Gasteiger partial charge in [-0.05, 0) is 50.5 Å². The Morgan fingerprint density at radius 1 is 1.29 bits per heavy atom. The maximum absolute atomic E-state index is 11.9. The topological polar surface area (TPSA) is 50.5 Å². The monoisotopic (exact) mass is 346 g/mol. The second-order valence-electron chi connectivity index (χ2n) is 6.81. The Bertz CT molecular complexity index is 745. The van der Waals surface area contributed by atoms with E-state index in [9.17, 15) is 8.42 Å². The van der Waals surface area contributed by atoms with E-state index in [4.69, 9.17) is 6.57 Å². The summed E-state index contributed by atoms with van der Waals surface area (Å²) in [6.07, 6.45) is 5.14. The number of nitrogens with zero attached hydrogens (tertiary/aromatic N) is 1. The lowest BCUT2D eigenvalue weighted by atomic mass is 9.80. The number of hydrogen-bond acceptors (Lipinski definition) is 2. The molecule has 0 heterocycles. The predicted octanol–water partition coefficient (Wildman–Crippen LogP) is 4.38. The predicted molar refractivity (Wildman–Crippen MR) is 99.2 cm³/mol. The van der Waals surface area contributed by atoms with Crippen LogP contribution in [-0.4, -0.2) is 20.2 Å². The first-order valence-electron chi connectivity index (χ1n) is 8.49. The number of rotatable bonds is 6. The SMILES string of the molecule is [C-]#[N+]c1ccccc1C1=CCC(C(C)CNS(=O)(=O)C(C)C)CC1. The molecule has 5 heteroatoms. The molecule has 0 saturated carbocycles.